The van der Waals surface area contributed by atoms with Gasteiger partial charge in [-0.25, -0.2) is 0 Å². The summed E-state index contributed by atoms with van der Waals surface area (Å²) in [7, 11) is 0. The second kappa shape index (κ2) is 5.10. The molecule has 17 heavy (non-hydrogen) atoms. The van der Waals surface area contributed by atoms with Gasteiger partial charge in [-0.2, -0.15) is 0 Å². The van der Waals surface area contributed by atoms with Crippen LogP contribution >= 0.6 is 23.5 Å². The molecule has 0 aromatic heterocycles. The van der Waals surface area contributed by atoms with E-state index in [1.165, 1.54) is 6.92 Å². The average molecular weight is 264 g/mol. The largest absolute Gasteiger partial charge is 0.294 e. The van der Waals surface area contributed by atoms with Gasteiger partial charge in [-0.05, 0) is 19.9 Å². The van der Waals surface area contributed by atoms with Crippen LogP contribution < -0.4 is 0 Å². The van der Waals surface area contributed by atoms with E-state index < -0.39 is 0 Å². The first kappa shape index (κ1) is 12.5. The predicted octanol–water partition coefficient (Wildman–Crippen LogP) is 3.42. The monoisotopic (exact) mass is 264 g/mol. The van der Waals surface area contributed by atoms with Crippen molar-refractivity contribution in [3.05, 3.63) is 45.2 Å². The number of hydrogen-bond acceptors (Lipinski definition) is 4. The van der Waals surface area contributed by atoms with Crippen LogP contribution in [-0.4, -0.2) is 16.7 Å². The maximum Gasteiger partial charge on any atom is 0.198 e. The Morgan fingerprint density at radius 3 is 2.41 bits per heavy atom. The Balaban J connectivity index is 2.39. The van der Waals surface area contributed by atoms with Gasteiger partial charge in [0.25, 0.3) is 0 Å². The van der Waals surface area contributed by atoms with Gasteiger partial charge < -0.3 is 0 Å². The number of benzene rings is 1. The second-order valence-corrected chi connectivity index (χ2v) is 6.42. The van der Waals surface area contributed by atoms with E-state index in [1.807, 2.05) is 25.1 Å². The summed E-state index contributed by atoms with van der Waals surface area (Å²) in [5, 5.41) is 0.924. The van der Waals surface area contributed by atoms with Crippen molar-refractivity contribution >= 4 is 35.1 Å². The van der Waals surface area contributed by atoms with Gasteiger partial charge in [0.2, 0.25) is 0 Å². The molecule has 1 heterocycles. The van der Waals surface area contributed by atoms with E-state index in [0.717, 1.165) is 14.9 Å². The highest BCUT2D eigenvalue weighted by Crippen LogP contribution is 2.46. The highest BCUT2D eigenvalue weighted by atomic mass is 32.3. The molecule has 1 aromatic rings. The Morgan fingerprint density at radius 2 is 1.94 bits per heavy atom. The van der Waals surface area contributed by atoms with Crippen LogP contribution in [0, 0.1) is 6.92 Å². The third-order valence-corrected chi connectivity index (χ3v) is 5.03. The lowest BCUT2D eigenvalue weighted by molar-refractivity contribution is -0.113. The second-order valence-electron chi connectivity index (χ2n) is 3.82. The summed E-state index contributed by atoms with van der Waals surface area (Å²) in [5.41, 5.74) is 1.96. The van der Waals surface area contributed by atoms with Gasteiger partial charge in [0.1, 0.15) is 0 Å². The molecule has 1 aliphatic heterocycles. The zero-order chi connectivity index (χ0) is 12.4. The van der Waals surface area contributed by atoms with Crippen molar-refractivity contribution in [2.75, 3.05) is 5.08 Å². The molecule has 0 bridgehead atoms. The molecule has 0 atom stereocenters. The normalized spacial score (nSPS) is 14.1. The van der Waals surface area contributed by atoms with Crippen LogP contribution in [0.4, 0.5) is 0 Å². The lowest BCUT2D eigenvalue weighted by Crippen LogP contribution is -2.14. The first-order valence-corrected chi connectivity index (χ1v) is 7.19. The summed E-state index contributed by atoms with van der Waals surface area (Å²) >= 11 is 3.14. The first-order chi connectivity index (χ1) is 8.09. The Bertz CT molecular complexity index is 512. The number of carbonyl (C=O) groups is 2. The van der Waals surface area contributed by atoms with Gasteiger partial charge in [0.05, 0.1) is 9.81 Å². The van der Waals surface area contributed by atoms with Crippen molar-refractivity contribution < 1.29 is 9.59 Å². The van der Waals surface area contributed by atoms with Crippen LogP contribution in [0.1, 0.15) is 22.8 Å². The van der Waals surface area contributed by atoms with Crippen LogP contribution in [0.5, 0.6) is 0 Å². The summed E-state index contributed by atoms with van der Waals surface area (Å²) in [6.45, 7) is 3.39. The van der Waals surface area contributed by atoms with Crippen molar-refractivity contribution in [1.29, 1.82) is 0 Å². The Hall–Kier alpha value is -1.000. The quantitative estimate of drug-likeness (QED) is 0.362. The molecular formula is C13H12O2S2. The Kier molecular flexibility index (Phi) is 3.74. The van der Waals surface area contributed by atoms with E-state index in [0.29, 0.717) is 11.1 Å². The zero-order valence-corrected chi connectivity index (χ0v) is 11.3. The highest BCUT2D eigenvalue weighted by Gasteiger charge is 2.25. The molecule has 88 valence electrons. The summed E-state index contributed by atoms with van der Waals surface area (Å²) < 4.78 is 0.865. The average Bonchev–Trinajstić information content (AvgIpc) is 2.21. The van der Waals surface area contributed by atoms with Crippen molar-refractivity contribution in [3.63, 3.8) is 0 Å². The minimum absolute atomic E-state index is 0.147. The number of carbonyl (C=O) groups excluding carboxylic acids is 2. The van der Waals surface area contributed by atoms with Crippen molar-refractivity contribution in [1.82, 2.24) is 0 Å². The van der Waals surface area contributed by atoms with Crippen LogP contribution in [0.25, 0.3) is 0 Å². The van der Waals surface area contributed by atoms with E-state index in [4.69, 9.17) is 0 Å². The number of Topliss-reactive ketones (excluding diaryl/α,β-unsaturated/α-hetero) is 2. The van der Waals surface area contributed by atoms with Gasteiger partial charge in [-0.15, -0.1) is 23.5 Å². The third-order valence-electron chi connectivity index (χ3n) is 2.44. The van der Waals surface area contributed by atoms with E-state index in [9.17, 15) is 9.59 Å². The molecule has 0 saturated carbocycles. The molecule has 4 heteroatoms. The maximum atomic E-state index is 12.3. The molecule has 0 unspecified atom stereocenters. The zero-order valence-electron chi connectivity index (χ0n) is 9.65. The SMILES string of the molecule is CC(=O)C(C(=O)c1cccc(C)c1)=C1SCS1. The number of thioether (sulfide) groups is 2. The van der Waals surface area contributed by atoms with E-state index in [1.54, 1.807) is 29.6 Å². The van der Waals surface area contributed by atoms with Crippen molar-refractivity contribution in [3.8, 4) is 0 Å². The minimum Gasteiger partial charge on any atom is -0.294 e. The molecule has 1 aromatic carbocycles. The molecule has 1 fully saturated rings. The van der Waals surface area contributed by atoms with Gasteiger partial charge >= 0.3 is 0 Å². The van der Waals surface area contributed by atoms with Crippen molar-refractivity contribution in [2.24, 2.45) is 0 Å². The molecule has 0 aliphatic carbocycles. The molecule has 0 N–H and O–H groups in total. The van der Waals surface area contributed by atoms with Crippen LogP contribution in [-0.2, 0) is 4.79 Å². The molecule has 0 radical (unpaired) electrons. The van der Waals surface area contributed by atoms with Gasteiger partial charge in [0.15, 0.2) is 11.6 Å². The lowest BCUT2D eigenvalue weighted by atomic mass is 10.0. The number of rotatable bonds is 3. The minimum atomic E-state index is -0.157. The van der Waals surface area contributed by atoms with Crippen molar-refractivity contribution in [2.45, 2.75) is 13.8 Å². The van der Waals surface area contributed by atoms with Crippen LogP contribution in [0.2, 0.25) is 0 Å². The molecule has 1 saturated heterocycles. The molecule has 2 rings (SSSR count). The fourth-order valence-electron chi connectivity index (χ4n) is 1.59. The molecular weight excluding hydrogens is 252 g/mol. The fraction of sp³-hybridized carbons (Fsp3) is 0.231. The van der Waals surface area contributed by atoms with Crippen LogP contribution in [0.3, 0.4) is 0 Å². The van der Waals surface area contributed by atoms with Gasteiger partial charge in [-0.3, -0.25) is 9.59 Å². The Labute approximate surface area is 109 Å². The van der Waals surface area contributed by atoms with Gasteiger partial charge in [-0.1, -0.05) is 23.8 Å². The van der Waals surface area contributed by atoms with E-state index in [-0.39, 0.29) is 11.6 Å². The standard InChI is InChI=1S/C13H12O2S2/c1-8-4-3-5-10(6-8)12(15)11(9(2)14)13-16-7-17-13/h3-6H,7H2,1-2H3. The summed E-state index contributed by atoms with van der Waals surface area (Å²) in [6.07, 6.45) is 0. The summed E-state index contributed by atoms with van der Waals surface area (Å²) in [6, 6.07) is 7.35. The summed E-state index contributed by atoms with van der Waals surface area (Å²) in [4.78, 5) is 23.8. The first-order valence-electron chi connectivity index (χ1n) is 5.22. The topological polar surface area (TPSA) is 34.1 Å². The van der Waals surface area contributed by atoms with E-state index in [2.05, 4.69) is 0 Å². The molecule has 2 nitrogen and oxygen atoms in total. The Morgan fingerprint density at radius 1 is 1.24 bits per heavy atom. The fourth-order valence-corrected chi connectivity index (χ4v) is 3.29. The number of allylic oxidation sites excluding steroid dienone is 1. The number of aryl methyl sites for hydroxylation is 1. The predicted molar refractivity (Wildman–Crippen MR) is 73.3 cm³/mol. The highest BCUT2D eigenvalue weighted by molar-refractivity contribution is 8.37. The van der Waals surface area contributed by atoms with E-state index >= 15 is 0 Å². The smallest absolute Gasteiger partial charge is 0.198 e. The third kappa shape index (κ3) is 2.64. The maximum absolute atomic E-state index is 12.3. The molecule has 1 aliphatic rings. The number of hydrogen-bond donors (Lipinski definition) is 0. The molecule has 0 spiro atoms. The molecule has 0 amide bonds. The van der Waals surface area contributed by atoms with Gasteiger partial charge in [0, 0.05) is 10.6 Å². The summed E-state index contributed by atoms with van der Waals surface area (Å²) in [5.74, 6) is -0.304. The lowest BCUT2D eigenvalue weighted by Gasteiger charge is -2.18. The number of ketones is 2. The van der Waals surface area contributed by atoms with Crippen LogP contribution in [0.15, 0.2) is 34.1 Å².